The van der Waals surface area contributed by atoms with E-state index in [4.69, 9.17) is 0 Å². The van der Waals surface area contributed by atoms with E-state index in [1.807, 2.05) is 35.2 Å². The Labute approximate surface area is 169 Å². The van der Waals surface area contributed by atoms with Crippen LogP contribution in [0.2, 0.25) is 0 Å². The molecule has 1 aromatic carbocycles. The normalized spacial score (nSPS) is 25.6. The predicted molar refractivity (Wildman–Crippen MR) is 108 cm³/mol. The van der Waals surface area contributed by atoms with Crippen LogP contribution in [0, 0.1) is 0 Å². The highest BCUT2D eigenvalue weighted by Gasteiger charge is 2.47. The Morgan fingerprint density at radius 1 is 1.10 bits per heavy atom. The van der Waals surface area contributed by atoms with Crippen molar-refractivity contribution in [3.05, 3.63) is 66.1 Å². The number of amides is 1. The fraction of sp³-hybridized carbons (Fsp3) is 0.409. The van der Waals surface area contributed by atoms with Crippen molar-refractivity contribution in [2.45, 2.75) is 30.9 Å². The molecular formula is C22H25N5O2. The summed E-state index contributed by atoms with van der Waals surface area (Å²) in [7, 11) is 0. The Hall–Kier alpha value is -2.77. The molecule has 2 aromatic heterocycles. The molecule has 2 aliphatic rings. The maximum atomic E-state index is 13.2. The summed E-state index contributed by atoms with van der Waals surface area (Å²) in [5.74, 6) is -0.102. The van der Waals surface area contributed by atoms with Crippen molar-refractivity contribution in [1.29, 1.82) is 0 Å². The van der Waals surface area contributed by atoms with Crippen LogP contribution >= 0.6 is 0 Å². The zero-order chi connectivity index (χ0) is 19.8. The van der Waals surface area contributed by atoms with Crippen molar-refractivity contribution in [3.8, 4) is 0 Å². The quantitative estimate of drug-likeness (QED) is 0.739. The summed E-state index contributed by atoms with van der Waals surface area (Å²) in [5.41, 5.74) is 1.03. The minimum Gasteiger partial charge on any atom is -0.383 e. The second-order valence-corrected chi connectivity index (χ2v) is 8.00. The third kappa shape index (κ3) is 3.20. The van der Waals surface area contributed by atoms with Gasteiger partial charge in [0.05, 0.1) is 6.04 Å². The zero-order valence-corrected chi connectivity index (χ0v) is 16.3. The number of aliphatic hydroxyl groups is 1. The van der Waals surface area contributed by atoms with Crippen molar-refractivity contribution in [3.63, 3.8) is 0 Å². The number of hydrogen-bond donors (Lipinski definition) is 1. The number of rotatable bonds is 3. The number of fused-ring (bicyclic) bond motifs is 1. The maximum absolute atomic E-state index is 13.2. The first kappa shape index (κ1) is 18.3. The molecule has 1 amide bonds. The number of aromatic nitrogens is 3. The maximum Gasteiger partial charge on any atom is 0.274 e. The summed E-state index contributed by atoms with van der Waals surface area (Å²) in [5, 5.41) is 16.1. The molecule has 29 heavy (non-hydrogen) atoms. The number of likely N-dealkylation sites (tertiary alicyclic amines) is 2. The molecule has 0 unspecified atom stereocenters. The largest absolute Gasteiger partial charge is 0.383 e. The van der Waals surface area contributed by atoms with Gasteiger partial charge in [-0.25, -0.2) is 9.50 Å². The van der Waals surface area contributed by atoms with Gasteiger partial charge in [-0.2, -0.15) is 5.10 Å². The number of nitrogens with zero attached hydrogens (tertiary/aromatic N) is 5. The lowest BCUT2D eigenvalue weighted by Gasteiger charge is -2.48. The fourth-order valence-corrected chi connectivity index (χ4v) is 4.74. The van der Waals surface area contributed by atoms with E-state index in [2.05, 4.69) is 15.0 Å². The van der Waals surface area contributed by atoms with Crippen LogP contribution in [0.3, 0.4) is 0 Å². The summed E-state index contributed by atoms with van der Waals surface area (Å²) in [6.45, 7) is 2.90. The third-order valence-electron chi connectivity index (χ3n) is 6.31. The predicted octanol–water partition coefficient (Wildman–Crippen LogP) is 1.93. The lowest BCUT2D eigenvalue weighted by molar-refractivity contribution is -0.0878. The molecule has 0 radical (unpaired) electrons. The van der Waals surface area contributed by atoms with Crippen molar-refractivity contribution >= 4 is 11.6 Å². The molecule has 2 saturated heterocycles. The van der Waals surface area contributed by atoms with Crippen LogP contribution in [0.1, 0.15) is 35.3 Å². The first-order valence-corrected chi connectivity index (χ1v) is 10.3. The van der Waals surface area contributed by atoms with Crippen molar-refractivity contribution in [2.75, 3.05) is 26.2 Å². The van der Waals surface area contributed by atoms with Gasteiger partial charge < -0.3 is 10.0 Å². The van der Waals surface area contributed by atoms with Crippen LogP contribution in [0.25, 0.3) is 5.65 Å². The summed E-state index contributed by atoms with van der Waals surface area (Å²) in [4.78, 5) is 21.6. The van der Waals surface area contributed by atoms with Crippen LogP contribution in [0.4, 0.5) is 0 Å². The Kier molecular flexibility index (Phi) is 4.56. The lowest BCUT2D eigenvalue weighted by Crippen LogP contribution is -2.61. The van der Waals surface area contributed by atoms with Crippen molar-refractivity contribution in [2.24, 2.45) is 0 Å². The SMILES string of the molecule is O=C(c1cc2ncccn2n1)N1CC[C@](O)(c2ccccc2)[C@H](N2CCCC2)C1. The van der Waals surface area contributed by atoms with E-state index in [-0.39, 0.29) is 11.9 Å². The second kappa shape index (κ2) is 7.24. The minimum atomic E-state index is -0.956. The van der Waals surface area contributed by atoms with Crippen molar-refractivity contribution < 1.29 is 9.90 Å². The van der Waals surface area contributed by atoms with E-state index in [1.165, 1.54) is 0 Å². The summed E-state index contributed by atoms with van der Waals surface area (Å²) in [6, 6.07) is 13.3. The molecule has 2 atom stereocenters. The molecule has 7 heteroatoms. The number of hydrogen-bond acceptors (Lipinski definition) is 5. The summed E-state index contributed by atoms with van der Waals surface area (Å²) in [6.07, 6.45) is 6.25. The molecule has 0 spiro atoms. The third-order valence-corrected chi connectivity index (χ3v) is 6.31. The Morgan fingerprint density at radius 2 is 1.90 bits per heavy atom. The molecule has 7 nitrogen and oxygen atoms in total. The fourth-order valence-electron chi connectivity index (χ4n) is 4.74. The van der Waals surface area contributed by atoms with Crippen LogP contribution < -0.4 is 0 Å². The zero-order valence-electron chi connectivity index (χ0n) is 16.3. The Balaban J connectivity index is 1.44. The molecule has 0 saturated carbocycles. The molecule has 0 bridgehead atoms. The van der Waals surface area contributed by atoms with E-state index in [9.17, 15) is 9.90 Å². The molecule has 0 aliphatic carbocycles. The number of piperidine rings is 1. The van der Waals surface area contributed by atoms with Gasteiger partial charge in [-0.05, 0) is 44.0 Å². The monoisotopic (exact) mass is 391 g/mol. The van der Waals surface area contributed by atoms with Crippen molar-refractivity contribution in [1.82, 2.24) is 24.4 Å². The van der Waals surface area contributed by atoms with Crippen LogP contribution in [0.5, 0.6) is 0 Å². The average molecular weight is 391 g/mol. The minimum absolute atomic E-state index is 0.102. The highest BCUT2D eigenvalue weighted by molar-refractivity contribution is 5.93. The highest BCUT2D eigenvalue weighted by Crippen LogP contribution is 2.37. The molecule has 2 fully saturated rings. The van der Waals surface area contributed by atoms with E-state index >= 15 is 0 Å². The van der Waals surface area contributed by atoms with Gasteiger partial charge in [-0.1, -0.05) is 30.3 Å². The number of benzene rings is 1. The number of carbonyl (C=O) groups is 1. The Bertz CT molecular complexity index is 981. The van der Waals surface area contributed by atoms with Crippen LogP contribution in [0.15, 0.2) is 54.9 Å². The standard InChI is InChI=1S/C22H25N5O2/c28-21(18-15-20-23-10-6-13-27(20)24-18)26-14-9-22(29,17-7-2-1-3-8-17)19(16-26)25-11-4-5-12-25/h1-3,6-8,10,13,15,19,29H,4-5,9,11-12,14,16H2/t19-,22+/m1/s1. The molecule has 150 valence electrons. The van der Waals surface area contributed by atoms with Gasteiger partial charge in [0, 0.05) is 31.5 Å². The highest BCUT2D eigenvalue weighted by atomic mass is 16.3. The topological polar surface area (TPSA) is 74.0 Å². The first-order chi connectivity index (χ1) is 14.1. The van der Waals surface area contributed by atoms with E-state index < -0.39 is 5.60 Å². The first-order valence-electron chi connectivity index (χ1n) is 10.3. The number of carbonyl (C=O) groups excluding carboxylic acids is 1. The van der Waals surface area contributed by atoms with E-state index in [0.29, 0.717) is 30.9 Å². The Morgan fingerprint density at radius 3 is 2.66 bits per heavy atom. The molecular weight excluding hydrogens is 366 g/mol. The average Bonchev–Trinajstić information content (AvgIpc) is 3.44. The van der Waals surface area contributed by atoms with E-state index in [1.54, 1.807) is 29.0 Å². The van der Waals surface area contributed by atoms with Gasteiger partial charge in [-0.15, -0.1) is 0 Å². The van der Waals surface area contributed by atoms with Crippen LogP contribution in [-0.2, 0) is 5.60 Å². The lowest BCUT2D eigenvalue weighted by atomic mass is 9.79. The molecule has 4 heterocycles. The summed E-state index contributed by atoms with van der Waals surface area (Å²) < 4.78 is 1.62. The smallest absolute Gasteiger partial charge is 0.274 e. The second-order valence-electron chi connectivity index (χ2n) is 8.00. The molecule has 5 rings (SSSR count). The van der Waals surface area contributed by atoms with Gasteiger partial charge >= 0.3 is 0 Å². The van der Waals surface area contributed by atoms with Gasteiger partial charge in [0.1, 0.15) is 5.60 Å². The molecule has 3 aromatic rings. The van der Waals surface area contributed by atoms with E-state index in [0.717, 1.165) is 31.5 Å². The van der Waals surface area contributed by atoms with Crippen LogP contribution in [-0.4, -0.2) is 67.6 Å². The van der Waals surface area contributed by atoms with Gasteiger partial charge in [0.25, 0.3) is 5.91 Å². The van der Waals surface area contributed by atoms with Gasteiger partial charge in [-0.3, -0.25) is 9.69 Å². The molecule has 2 aliphatic heterocycles. The molecule has 1 N–H and O–H groups in total. The van der Waals surface area contributed by atoms with Gasteiger partial charge in [0.15, 0.2) is 11.3 Å². The van der Waals surface area contributed by atoms with Gasteiger partial charge in [0.2, 0.25) is 0 Å². The summed E-state index contributed by atoms with van der Waals surface area (Å²) >= 11 is 0.